The molecule has 1 aliphatic heterocycles. The predicted octanol–water partition coefficient (Wildman–Crippen LogP) is 2.63. The van der Waals surface area contributed by atoms with Crippen LogP contribution in [0.15, 0.2) is 0 Å². The lowest BCUT2D eigenvalue weighted by Crippen LogP contribution is -2.43. The molecule has 2 unspecified atom stereocenters. The summed E-state index contributed by atoms with van der Waals surface area (Å²) in [5.41, 5.74) is 5.91. The molecule has 0 spiro atoms. The van der Waals surface area contributed by atoms with Crippen LogP contribution < -0.4 is 5.73 Å². The highest BCUT2D eigenvalue weighted by molar-refractivity contribution is 4.79. The Kier molecular flexibility index (Phi) is 5.25. The van der Waals surface area contributed by atoms with Crippen molar-refractivity contribution in [2.24, 2.45) is 17.6 Å². The average molecular weight is 252 g/mol. The number of rotatable bonds is 4. The van der Waals surface area contributed by atoms with E-state index in [0.29, 0.717) is 18.9 Å². The number of nitrogens with zero attached hydrogens (tertiary/aromatic N) is 1. The Morgan fingerprint density at radius 3 is 2.53 bits per heavy atom. The van der Waals surface area contributed by atoms with Gasteiger partial charge in [0.1, 0.15) is 0 Å². The first-order valence-corrected chi connectivity index (χ1v) is 6.35. The van der Waals surface area contributed by atoms with Gasteiger partial charge in [-0.1, -0.05) is 13.8 Å². The number of piperidine rings is 1. The molecule has 0 amide bonds. The summed E-state index contributed by atoms with van der Waals surface area (Å²) in [5, 5.41) is 0. The van der Waals surface area contributed by atoms with E-state index in [0.717, 1.165) is 13.0 Å². The quantitative estimate of drug-likeness (QED) is 0.833. The zero-order valence-electron chi connectivity index (χ0n) is 10.6. The number of hydrogen-bond acceptors (Lipinski definition) is 2. The van der Waals surface area contributed by atoms with E-state index in [1.807, 2.05) is 18.7 Å². The molecular weight excluding hydrogens is 229 g/mol. The van der Waals surface area contributed by atoms with Crippen molar-refractivity contribution in [1.82, 2.24) is 4.90 Å². The predicted molar refractivity (Wildman–Crippen MR) is 62.6 cm³/mol. The normalized spacial score (nSPS) is 25.2. The van der Waals surface area contributed by atoms with Gasteiger partial charge in [0.15, 0.2) is 0 Å². The zero-order valence-corrected chi connectivity index (χ0v) is 10.6. The maximum atomic E-state index is 12.6. The highest BCUT2D eigenvalue weighted by atomic mass is 19.4. The van der Waals surface area contributed by atoms with E-state index in [1.54, 1.807) is 0 Å². The topological polar surface area (TPSA) is 29.3 Å². The molecule has 2 nitrogen and oxygen atoms in total. The van der Waals surface area contributed by atoms with Gasteiger partial charge in [-0.3, -0.25) is 0 Å². The fourth-order valence-electron chi connectivity index (χ4n) is 2.19. The molecule has 0 saturated carbocycles. The van der Waals surface area contributed by atoms with Gasteiger partial charge >= 0.3 is 6.18 Å². The summed E-state index contributed by atoms with van der Waals surface area (Å²) in [6, 6.07) is 0.0845. The molecule has 0 radical (unpaired) electrons. The molecule has 0 aromatic heterocycles. The van der Waals surface area contributed by atoms with Crippen LogP contribution in [0.25, 0.3) is 0 Å². The monoisotopic (exact) mass is 252 g/mol. The minimum absolute atomic E-state index is 0.0845. The second kappa shape index (κ2) is 6.05. The Labute approximate surface area is 101 Å². The van der Waals surface area contributed by atoms with E-state index < -0.39 is 12.1 Å². The lowest BCUT2D eigenvalue weighted by molar-refractivity contribution is -0.186. The van der Waals surface area contributed by atoms with Crippen LogP contribution in [0.1, 0.15) is 33.1 Å². The van der Waals surface area contributed by atoms with Gasteiger partial charge in [0.05, 0.1) is 5.92 Å². The van der Waals surface area contributed by atoms with Gasteiger partial charge in [0.25, 0.3) is 0 Å². The molecule has 0 bridgehead atoms. The molecule has 1 saturated heterocycles. The third-order valence-corrected chi connectivity index (χ3v) is 3.60. The molecule has 1 aliphatic rings. The van der Waals surface area contributed by atoms with Gasteiger partial charge in [0.2, 0.25) is 0 Å². The standard InChI is InChI=1S/C12H23F3N2/c1-9(2)11(16)5-7-17-6-3-4-10(8-17)12(13,14)15/h9-11H,3-8,16H2,1-2H3. The van der Waals surface area contributed by atoms with Crippen LogP contribution in [0.3, 0.4) is 0 Å². The third-order valence-electron chi connectivity index (χ3n) is 3.60. The van der Waals surface area contributed by atoms with Gasteiger partial charge < -0.3 is 10.6 Å². The van der Waals surface area contributed by atoms with Crippen molar-refractivity contribution < 1.29 is 13.2 Å². The van der Waals surface area contributed by atoms with E-state index in [9.17, 15) is 13.2 Å². The second-order valence-electron chi connectivity index (χ2n) is 5.38. The molecule has 0 aromatic carbocycles. The van der Waals surface area contributed by atoms with Crippen molar-refractivity contribution in [2.45, 2.75) is 45.3 Å². The molecule has 1 rings (SSSR count). The molecule has 1 heterocycles. The minimum atomic E-state index is -4.04. The van der Waals surface area contributed by atoms with Gasteiger partial charge in [-0.2, -0.15) is 13.2 Å². The SMILES string of the molecule is CC(C)C(N)CCN1CCCC(C(F)(F)F)C1. The molecular formula is C12H23F3N2. The summed E-state index contributed by atoms with van der Waals surface area (Å²) in [7, 11) is 0. The lowest BCUT2D eigenvalue weighted by Gasteiger charge is -2.34. The largest absolute Gasteiger partial charge is 0.393 e. The van der Waals surface area contributed by atoms with Gasteiger partial charge in [0, 0.05) is 12.6 Å². The lowest BCUT2D eigenvalue weighted by atomic mass is 9.96. The molecule has 2 atom stereocenters. The van der Waals surface area contributed by atoms with Gasteiger partial charge in [-0.05, 0) is 38.3 Å². The van der Waals surface area contributed by atoms with Crippen LogP contribution in [-0.4, -0.2) is 36.8 Å². The van der Waals surface area contributed by atoms with Crippen LogP contribution in [0.5, 0.6) is 0 Å². The zero-order chi connectivity index (χ0) is 13.1. The number of nitrogens with two attached hydrogens (primary N) is 1. The fraction of sp³-hybridized carbons (Fsp3) is 1.00. The van der Waals surface area contributed by atoms with Crippen molar-refractivity contribution in [3.8, 4) is 0 Å². The van der Waals surface area contributed by atoms with Gasteiger partial charge in [-0.15, -0.1) is 0 Å². The Hall–Kier alpha value is -0.290. The van der Waals surface area contributed by atoms with Crippen molar-refractivity contribution in [3.63, 3.8) is 0 Å². The molecule has 102 valence electrons. The van der Waals surface area contributed by atoms with Crippen molar-refractivity contribution in [1.29, 1.82) is 0 Å². The van der Waals surface area contributed by atoms with Crippen molar-refractivity contribution in [2.75, 3.05) is 19.6 Å². The van der Waals surface area contributed by atoms with Crippen molar-refractivity contribution >= 4 is 0 Å². The molecule has 0 aliphatic carbocycles. The molecule has 0 aromatic rings. The van der Waals surface area contributed by atoms with E-state index in [1.165, 1.54) is 0 Å². The maximum absolute atomic E-state index is 12.6. The Morgan fingerprint density at radius 2 is 2.00 bits per heavy atom. The molecule has 5 heteroatoms. The van der Waals surface area contributed by atoms with Gasteiger partial charge in [-0.25, -0.2) is 0 Å². The van der Waals surface area contributed by atoms with Crippen LogP contribution in [0, 0.1) is 11.8 Å². The summed E-state index contributed by atoms with van der Waals surface area (Å²) in [6.45, 7) is 5.69. The first kappa shape index (κ1) is 14.8. The number of halogens is 3. The summed E-state index contributed by atoms with van der Waals surface area (Å²) in [6.07, 6.45) is -2.35. The van der Waals surface area contributed by atoms with Crippen LogP contribution in [-0.2, 0) is 0 Å². The third kappa shape index (κ3) is 4.84. The van der Waals surface area contributed by atoms with Crippen molar-refractivity contribution in [3.05, 3.63) is 0 Å². The van der Waals surface area contributed by atoms with E-state index in [2.05, 4.69) is 0 Å². The summed E-state index contributed by atoms with van der Waals surface area (Å²) in [4.78, 5) is 1.91. The van der Waals surface area contributed by atoms with Crippen LogP contribution in [0.2, 0.25) is 0 Å². The average Bonchev–Trinajstić information content (AvgIpc) is 2.25. The molecule has 17 heavy (non-hydrogen) atoms. The van der Waals surface area contributed by atoms with E-state index in [4.69, 9.17) is 5.73 Å². The second-order valence-corrected chi connectivity index (χ2v) is 5.38. The Balaban J connectivity index is 2.35. The van der Waals surface area contributed by atoms with Crippen LogP contribution >= 0.6 is 0 Å². The highest BCUT2D eigenvalue weighted by Crippen LogP contribution is 2.33. The number of hydrogen-bond donors (Lipinski definition) is 1. The van der Waals surface area contributed by atoms with Crippen LogP contribution in [0.4, 0.5) is 13.2 Å². The fourth-order valence-corrected chi connectivity index (χ4v) is 2.19. The number of alkyl halides is 3. The smallest absolute Gasteiger partial charge is 0.327 e. The molecule has 1 fully saturated rings. The van der Waals surface area contributed by atoms with E-state index >= 15 is 0 Å². The minimum Gasteiger partial charge on any atom is -0.327 e. The maximum Gasteiger partial charge on any atom is 0.393 e. The Morgan fingerprint density at radius 1 is 1.35 bits per heavy atom. The summed E-state index contributed by atoms with van der Waals surface area (Å²) in [5.74, 6) is -0.760. The number of likely N-dealkylation sites (tertiary alicyclic amines) is 1. The first-order chi connectivity index (χ1) is 7.80. The summed E-state index contributed by atoms with van der Waals surface area (Å²) >= 11 is 0. The first-order valence-electron chi connectivity index (χ1n) is 6.35. The highest BCUT2D eigenvalue weighted by Gasteiger charge is 2.41. The van der Waals surface area contributed by atoms with E-state index in [-0.39, 0.29) is 19.0 Å². The summed E-state index contributed by atoms with van der Waals surface area (Å²) < 4.78 is 37.8. The Bertz CT molecular complexity index is 228. The molecule has 2 N–H and O–H groups in total.